The molecule has 0 bridgehead atoms. The average Bonchev–Trinajstić information content (AvgIpc) is 2.89. The second kappa shape index (κ2) is 5.06. The Labute approximate surface area is 130 Å². The minimum atomic E-state index is 0.292. The molecule has 1 aromatic rings. The lowest BCUT2D eigenvalue weighted by atomic mass is 9.79. The number of fused-ring (bicyclic) bond motifs is 2. The molecule has 21 heavy (non-hydrogen) atoms. The van der Waals surface area contributed by atoms with Crippen LogP contribution in [0.15, 0.2) is 46.5 Å². The van der Waals surface area contributed by atoms with Crippen LogP contribution in [0.5, 0.6) is 0 Å². The Kier molecular flexibility index (Phi) is 3.18. The normalized spacial score (nSPS) is 24.3. The van der Waals surface area contributed by atoms with Crippen molar-refractivity contribution >= 4 is 24.1 Å². The van der Waals surface area contributed by atoms with Gasteiger partial charge in [-0.15, -0.1) is 12.6 Å². The Morgan fingerprint density at radius 2 is 1.95 bits per heavy atom. The monoisotopic (exact) mass is 297 g/mol. The molecule has 4 rings (SSSR count). The fraction of sp³-hybridized carbons (Fsp3) is 0.389. The Bertz CT molecular complexity index is 674. The first-order chi connectivity index (χ1) is 10.2. The maximum absolute atomic E-state index is 11.7. The highest BCUT2D eigenvalue weighted by molar-refractivity contribution is 7.80. The summed E-state index contributed by atoms with van der Waals surface area (Å²) < 4.78 is 0. The van der Waals surface area contributed by atoms with Gasteiger partial charge in [0.15, 0.2) is 5.78 Å². The highest BCUT2D eigenvalue weighted by Crippen LogP contribution is 2.40. The molecule has 2 nitrogen and oxygen atoms in total. The van der Waals surface area contributed by atoms with Crippen LogP contribution in [0.25, 0.3) is 0 Å². The van der Waals surface area contributed by atoms with Gasteiger partial charge in [0.2, 0.25) is 0 Å². The maximum Gasteiger partial charge on any atom is 0.155 e. The molecule has 3 heteroatoms. The fourth-order valence-electron chi connectivity index (χ4n) is 3.82. The van der Waals surface area contributed by atoms with E-state index in [1.54, 1.807) is 0 Å². The summed E-state index contributed by atoms with van der Waals surface area (Å²) in [6.07, 6.45) is 9.31. The van der Waals surface area contributed by atoms with Gasteiger partial charge in [-0.05, 0) is 73.1 Å². The summed E-state index contributed by atoms with van der Waals surface area (Å²) in [5.74, 6) is 0.897. The van der Waals surface area contributed by atoms with Crippen LogP contribution in [0.1, 0.15) is 31.2 Å². The number of thiol groups is 1. The molecular formula is C18H19NOS. The molecule has 0 fully saturated rings. The molecule has 3 aliphatic rings. The van der Waals surface area contributed by atoms with Gasteiger partial charge in [0, 0.05) is 29.2 Å². The first-order valence-electron chi connectivity index (χ1n) is 7.75. The average molecular weight is 297 g/mol. The number of allylic oxidation sites excluding steroid dienone is 4. The van der Waals surface area contributed by atoms with E-state index in [2.05, 4.69) is 41.8 Å². The zero-order chi connectivity index (χ0) is 14.4. The second-order valence-corrected chi connectivity index (χ2v) is 6.75. The molecule has 1 heterocycles. The maximum atomic E-state index is 11.7. The molecule has 1 aliphatic heterocycles. The van der Waals surface area contributed by atoms with E-state index >= 15 is 0 Å². The van der Waals surface area contributed by atoms with Gasteiger partial charge in [-0.2, -0.15) is 0 Å². The van der Waals surface area contributed by atoms with Crippen LogP contribution < -0.4 is 4.90 Å². The third kappa shape index (κ3) is 2.34. The zero-order valence-corrected chi connectivity index (χ0v) is 12.9. The number of hydrogen-bond donors (Lipinski definition) is 1. The van der Waals surface area contributed by atoms with Crippen LogP contribution >= 0.6 is 12.6 Å². The molecular weight excluding hydrogens is 278 g/mol. The Morgan fingerprint density at radius 3 is 2.86 bits per heavy atom. The summed E-state index contributed by atoms with van der Waals surface area (Å²) in [4.78, 5) is 15.1. The number of ketones is 1. The van der Waals surface area contributed by atoms with E-state index < -0.39 is 0 Å². The van der Waals surface area contributed by atoms with E-state index in [9.17, 15) is 4.79 Å². The predicted molar refractivity (Wildman–Crippen MR) is 87.9 cm³/mol. The van der Waals surface area contributed by atoms with Gasteiger partial charge in [-0.1, -0.05) is 0 Å². The van der Waals surface area contributed by atoms with E-state index in [1.165, 1.54) is 28.9 Å². The summed E-state index contributed by atoms with van der Waals surface area (Å²) in [6.45, 7) is 1.05. The quantitative estimate of drug-likeness (QED) is 0.793. The molecule has 1 aromatic carbocycles. The van der Waals surface area contributed by atoms with Crippen LogP contribution in [0, 0.1) is 5.92 Å². The summed E-state index contributed by atoms with van der Waals surface area (Å²) in [5.41, 5.74) is 5.34. The van der Waals surface area contributed by atoms with Gasteiger partial charge < -0.3 is 4.90 Å². The Morgan fingerprint density at radius 1 is 1.10 bits per heavy atom. The minimum absolute atomic E-state index is 0.292. The van der Waals surface area contributed by atoms with Crippen molar-refractivity contribution in [3.05, 3.63) is 47.2 Å². The van der Waals surface area contributed by atoms with E-state index in [-0.39, 0.29) is 0 Å². The van der Waals surface area contributed by atoms with Crippen molar-refractivity contribution in [2.45, 2.75) is 37.0 Å². The number of benzene rings is 1. The number of carbonyl (C=O) groups excluding carboxylic acids is 1. The molecule has 108 valence electrons. The van der Waals surface area contributed by atoms with Gasteiger partial charge in [-0.25, -0.2) is 0 Å². The van der Waals surface area contributed by atoms with Crippen molar-refractivity contribution in [1.29, 1.82) is 0 Å². The van der Waals surface area contributed by atoms with Crippen molar-refractivity contribution in [2.24, 2.45) is 5.92 Å². The first-order valence-corrected chi connectivity index (χ1v) is 8.20. The number of rotatable bonds is 1. The van der Waals surface area contributed by atoms with Crippen molar-refractivity contribution in [1.82, 2.24) is 0 Å². The van der Waals surface area contributed by atoms with E-state index in [4.69, 9.17) is 0 Å². The molecule has 2 aliphatic carbocycles. The zero-order valence-electron chi connectivity index (χ0n) is 12.0. The van der Waals surface area contributed by atoms with Gasteiger partial charge in [0.25, 0.3) is 0 Å². The molecule has 1 unspecified atom stereocenters. The molecule has 1 atom stereocenters. The highest BCUT2D eigenvalue weighted by atomic mass is 32.1. The summed E-state index contributed by atoms with van der Waals surface area (Å²) in [5, 5.41) is 0. The highest BCUT2D eigenvalue weighted by Gasteiger charge is 2.28. The standard InChI is InChI=1S/C18H19NOS/c20-16-4-2-12-1-3-15(9-14(12)10-16)19-8-7-13-11-17(21)5-6-18(13)19/h5-6,9-12,21H,1-4,7-8H2. The van der Waals surface area contributed by atoms with Crippen LogP contribution in [-0.2, 0) is 11.2 Å². The van der Waals surface area contributed by atoms with Gasteiger partial charge in [0.1, 0.15) is 0 Å². The third-order valence-corrected chi connectivity index (χ3v) is 5.20. The summed E-state index contributed by atoms with van der Waals surface area (Å²) >= 11 is 4.43. The minimum Gasteiger partial charge on any atom is -0.345 e. The topological polar surface area (TPSA) is 20.3 Å². The van der Waals surface area contributed by atoms with Crippen molar-refractivity contribution < 1.29 is 4.79 Å². The lowest BCUT2D eigenvalue weighted by molar-refractivity contribution is -0.115. The van der Waals surface area contributed by atoms with E-state index in [0.29, 0.717) is 11.7 Å². The lowest BCUT2D eigenvalue weighted by Gasteiger charge is -2.32. The van der Waals surface area contributed by atoms with Gasteiger partial charge in [-0.3, -0.25) is 4.79 Å². The first kappa shape index (κ1) is 13.2. The van der Waals surface area contributed by atoms with Gasteiger partial charge in [0.05, 0.1) is 0 Å². The Hall–Kier alpha value is -1.48. The molecule has 0 N–H and O–H groups in total. The number of nitrogens with zero attached hydrogens (tertiary/aromatic N) is 1. The van der Waals surface area contributed by atoms with Gasteiger partial charge >= 0.3 is 0 Å². The largest absolute Gasteiger partial charge is 0.345 e. The molecule has 0 amide bonds. The number of carbonyl (C=O) groups is 1. The molecule has 0 saturated heterocycles. The fourth-order valence-corrected chi connectivity index (χ4v) is 4.05. The third-order valence-electron chi connectivity index (χ3n) is 4.93. The van der Waals surface area contributed by atoms with Crippen LogP contribution in [0.4, 0.5) is 5.69 Å². The summed E-state index contributed by atoms with van der Waals surface area (Å²) in [6, 6.07) is 6.42. The van der Waals surface area contributed by atoms with Crippen molar-refractivity contribution in [3.63, 3.8) is 0 Å². The number of anilines is 1. The predicted octanol–water partition coefficient (Wildman–Crippen LogP) is 3.92. The second-order valence-electron chi connectivity index (χ2n) is 6.24. The van der Waals surface area contributed by atoms with Crippen molar-refractivity contribution in [3.8, 4) is 0 Å². The Balaban J connectivity index is 1.68. The van der Waals surface area contributed by atoms with Crippen LogP contribution in [0.3, 0.4) is 0 Å². The van der Waals surface area contributed by atoms with Crippen molar-refractivity contribution in [2.75, 3.05) is 11.4 Å². The van der Waals surface area contributed by atoms with Crippen LogP contribution in [0.2, 0.25) is 0 Å². The van der Waals surface area contributed by atoms with E-state index in [0.717, 1.165) is 37.1 Å². The smallest absolute Gasteiger partial charge is 0.155 e. The summed E-state index contributed by atoms with van der Waals surface area (Å²) in [7, 11) is 0. The number of hydrogen-bond acceptors (Lipinski definition) is 3. The SMILES string of the molecule is O=C1C=C2C=C(N3CCc4cc(S)ccc43)CCC2CC1. The molecule has 0 spiro atoms. The van der Waals surface area contributed by atoms with Crippen LogP contribution in [-0.4, -0.2) is 12.3 Å². The molecule has 0 saturated carbocycles. The molecule has 0 radical (unpaired) electrons. The molecule has 0 aromatic heterocycles. The lowest BCUT2D eigenvalue weighted by Crippen LogP contribution is -2.25. The van der Waals surface area contributed by atoms with E-state index in [1.807, 2.05) is 6.08 Å².